The van der Waals surface area contributed by atoms with Gasteiger partial charge in [0.1, 0.15) is 0 Å². The van der Waals surface area contributed by atoms with E-state index >= 15 is 0 Å². The van der Waals surface area contributed by atoms with E-state index in [0.29, 0.717) is 6.61 Å². The number of hydrogen-bond donors (Lipinski definition) is 1. The number of thiazole rings is 1. The smallest absolute Gasteiger partial charge is 0.0964 e. The highest BCUT2D eigenvalue weighted by Gasteiger charge is 2.04. The molecule has 0 aliphatic carbocycles. The summed E-state index contributed by atoms with van der Waals surface area (Å²) in [5.41, 5.74) is 3.96. The van der Waals surface area contributed by atoms with E-state index in [1.807, 2.05) is 23.3 Å². The van der Waals surface area contributed by atoms with Gasteiger partial charge < -0.3 is 10.1 Å². The zero-order valence-corrected chi connectivity index (χ0v) is 12.1. The van der Waals surface area contributed by atoms with Crippen molar-refractivity contribution in [2.24, 2.45) is 0 Å². The number of aryl methyl sites for hydroxylation is 3. The van der Waals surface area contributed by atoms with Crippen LogP contribution in [0.15, 0.2) is 11.7 Å². The van der Waals surface area contributed by atoms with Gasteiger partial charge in [-0.3, -0.25) is 4.68 Å². The molecular formula is C12H19N5OS. The quantitative estimate of drug-likeness (QED) is 0.732. The standard InChI is InChI=1S/C12H19N5OS/c1-10-12(19-9-14-10)3-5-17-8-11(15-16-17)7-13-4-6-18-2/h8-9,13H,3-7H2,1-2H3. The molecule has 0 radical (unpaired) electrons. The first-order valence-corrected chi connectivity index (χ1v) is 7.15. The van der Waals surface area contributed by atoms with Crippen molar-refractivity contribution in [2.45, 2.75) is 26.4 Å². The van der Waals surface area contributed by atoms with Gasteiger partial charge in [-0.25, -0.2) is 4.98 Å². The second-order valence-corrected chi connectivity index (χ2v) is 5.19. The fourth-order valence-electron chi connectivity index (χ4n) is 1.70. The summed E-state index contributed by atoms with van der Waals surface area (Å²) >= 11 is 1.70. The van der Waals surface area contributed by atoms with Gasteiger partial charge in [-0.2, -0.15) is 0 Å². The normalized spacial score (nSPS) is 11.1. The molecule has 2 aromatic rings. The molecule has 19 heavy (non-hydrogen) atoms. The SMILES string of the molecule is COCCNCc1cn(CCc2scnc2C)nn1. The van der Waals surface area contributed by atoms with Crippen LogP contribution >= 0.6 is 11.3 Å². The number of hydrogen-bond acceptors (Lipinski definition) is 6. The molecule has 1 N–H and O–H groups in total. The first-order chi connectivity index (χ1) is 9.29. The van der Waals surface area contributed by atoms with Crippen LogP contribution in [0.4, 0.5) is 0 Å². The van der Waals surface area contributed by atoms with Crippen molar-refractivity contribution < 1.29 is 4.74 Å². The molecule has 0 saturated heterocycles. The van der Waals surface area contributed by atoms with Crippen molar-refractivity contribution in [3.63, 3.8) is 0 Å². The van der Waals surface area contributed by atoms with Crippen LogP contribution in [0.5, 0.6) is 0 Å². The highest BCUT2D eigenvalue weighted by Crippen LogP contribution is 2.13. The van der Waals surface area contributed by atoms with Gasteiger partial charge in [-0.1, -0.05) is 5.21 Å². The monoisotopic (exact) mass is 281 g/mol. The zero-order chi connectivity index (χ0) is 13.5. The van der Waals surface area contributed by atoms with Crippen molar-refractivity contribution in [2.75, 3.05) is 20.3 Å². The molecule has 2 heterocycles. The molecule has 0 fully saturated rings. The summed E-state index contributed by atoms with van der Waals surface area (Å²) < 4.78 is 6.85. The Balaban J connectivity index is 1.76. The van der Waals surface area contributed by atoms with Crippen LogP contribution in [-0.4, -0.2) is 40.2 Å². The van der Waals surface area contributed by atoms with E-state index in [2.05, 4.69) is 20.6 Å². The largest absolute Gasteiger partial charge is 0.383 e. The Morgan fingerprint density at radius 1 is 1.47 bits per heavy atom. The molecule has 6 nitrogen and oxygen atoms in total. The van der Waals surface area contributed by atoms with Crippen LogP contribution in [0.1, 0.15) is 16.3 Å². The van der Waals surface area contributed by atoms with Gasteiger partial charge >= 0.3 is 0 Å². The van der Waals surface area contributed by atoms with Gasteiger partial charge in [0.25, 0.3) is 0 Å². The summed E-state index contributed by atoms with van der Waals surface area (Å²) in [7, 11) is 1.69. The Labute approximate surface area is 116 Å². The predicted octanol–water partition coefficient (Wildman–Crippen LogP) is 1.02. The Morgan fingerprint density at radius 3 is 3.11 bits per heavy atom. The molecule has 0 unspecified atom stereocenters. The van der Waals surface area contributed by atoms with E-state index in [1.165, 1.54) is 4.88 Å². The van der Waals surface area contributed by atoms with Crippen molar-refractivity contribution in [3.05, 3.63) is 28.0 Å². The molecule has 7 heteroatoms. The first-order valence-electron chi connectivity index (χ1n) is 6.27. The van der Waals surface area contributed by atoms with Crippen molar-refractivity contribution in [3.8, 4) is 0 Å². The minimum Gasteiger partial charge on any atom is -0.383 e. The number of methoxy groups -OCH3 is 1. The zero-order valence-electron chi connectivity index (χ0n) is 11.3. The average molecular weight is 281 g/mol. The van der Waals surface area contributed by atoms with E-state index in [0.717, 1.165) is 37.4 Å². The van der Waals surface area contributed by atoms with Crippen LogP contribution in [0.25, 0.3) is 0 Å². The highest BCUT2D eigenvalue weighted by atomic mass is 32.1. The first kappa shape index (κ1) is 14.1. The number of ether oxygens (including phenoxy) is 1. The maximum absolute atomic E-state index is 4.97. The lowest BCUT2D eigenvalue weighted by molar-refractivity contribution is 0.199. The molecular weight excluding hydrogens is 262 g/mol. The minimum atomic E-state index is 0.707. The lowest BCUT2D eigenvalue weighted by atomic mass is 10.3. The Hall–Kier alpha value is -1.31. The van der Waals surface area contributed by atoms with Crippen LogP contribution in [0.2, 0.25) is 0 Å². The predicted molar refractivity (Wildman–Crippen MR) is 74.2 cm³/mol. The van der Waals surface area contributed by atoms with E-state index in [4.69, 9.17) is 4.74 Å². The van der Waals surface area contributed by atoms with Crippen LogP contribution < -0.4 is 5.32 Å². The van der Waals surface area contributed by atoms with Crippen molar-refractivity contribution in [1.82, 2.24) is 25.3 Å². The molecule has 104 valence electrons. The van der Waals surface area contributed by atoms with E-state index in [9.17, 15) is 0 Å². The summed E-state index contributed by atoms with van der Waals surface area (Å²) in [4.78, 5) is 5.56. The number of nitrogens with one attached hydrogen (secondary N) is 1. The third-order valence-electron chi connectivity index (χ3n) is 2.79. The molecule has 0 spiro atoms. The summed E-state index contributed by atoms with van der Waals surface area (Å²) in [6, 6.07) is 0. The number of rotatable bonds is 8. The van der Waals surface area contributed by atoms with E-state index < -0.39 is 0 Å². The molecule has 0 aliphatic heterocycles. The summed E-state index contributed by atoms with van der Waals surface area (Å²) in [5.74, 6) is 0. The summed E-state index contributed by atoms with van der Waals surface area (Å²) in [5, 5.41) is 11.5. The Morgan fingerprint density at radius 2 is 2.37 bits per heavy atom. The highest BCUT2D eigenvalue weighted by molar-refractivity contribution is 7.09. The second-order valence-electron chi connectivity index (χ2n) is 4.25. The molecule has 0 saturated carbocycles. The second kappa shape index (κ2) is 7.32. The number of nitrogens with zero attached hydrogens (tertiary/aromatic N) is 4. The maximum atomic E-state index is 4.97. The average Bonchev–Trinajstić information content (AvgIpc) is 3.01. The lowest BCUT2D eigenvalue weighted by Crippen LogP contribution is -2.18. The third kappa shape index (κ3) is 4.38. The fraction of sp³-hybridized carbons (Fsp3) is 0.583. The van der Waals surface area contributed by atoms with Crippen LogP contribution in [0.3, 0.4) is 0 Å². The molecule has 2 aromatic heterocycles. The summed E-state index contributed by atoms with van der Waals surface area (Å²) in [6.45, 7) is 5.14. The maximum Gasteiger partial charge on any atom is 0.0964 e. The fourth-order valence-corrected chi connectivity index (χ4v) is 2.47. The Bertz CT molecular complexity index is 496. The molecule has 0 amide bonds. The van der Waals surface area contributed by atoms with Crippen molar-refractivity contribution >= 4 is 11.3 Å². The molecule has 0 aliphatic rings. The summed E-state index contributed by atoms with van der Waals surface area (Å²) in [6.07, 6.45) is 2.94. The van der Waals surface area contributed by atoms with Gasteiger partial charge in [-0.15, -0.1) is 16.4 Å². The third-order valence-corrected chi connectivity index (χ3v) is 3.78. The van der Waals surface area contributed by atoms with E-state index in [-0.39, 0.29) is 0 Å². The lowest BCUT2D eigenvalue weighted by Gasteiger charge is -2.00. The topological polar surface area (TPSA) is 64.9 Å². The molecule has 0 bridgehead atoms. The Kier molecular flexibility index (Phi) is 5.44. The van der Waals surface area contributed by atoms with Gasteiger partial charge in [0, 0.05) is 44.2 Å². The molecule has 2 rings (SSSR count). The number of aromatic nitrogens is 4. The van der Waals surface area contributed by atoms with Gasteiger partial charge in [0.2, 0.25) is 0 Å². The van der Waals surface area contributed by atoms with Crippen molar-refractivity contribution in [1.29, 1.82) is 0 Å². The van der Waals surface area contributed by atoms with Gasteiger partial charge in [0.15, 0.2) is 0 Å². The molecule has 0 aromatic carbocycles. The van der Waals surface area contributed by atoms with Crippen LogP contribution in [0, 0.1) is 6.92 Å². The minimum absolute atomic E-state index is 0.707. The van der Waals surface area contributed by atoms with E-state index in [1.54, 1.807) is 18.4 Å². The van der Waals surface area contributed by atoms with Crippen LogP contribution in [-0.2, 0) is 24.2 Å². The molecule has 0 atom stereocenters. The van der Waals surface area contributed by atoms with Gasteiger partial charge in [0.05, 0.1) is 23.5 Å². The van der Waals surface area contributed by atoms with Gasteiger partial charge in [-0.05, 0) is 6.92 Å².